The van der Waals surface area contributed by atoms with E-state index < -0.39 is 0 Å². The topological polar surface area (TPSA) is 38.5 Å². The lowest BCUT2D eigenvalue weighted by atomic mass is 10.2. The van der Waals surface area contributed by atoms with E-state index in [-0.39, 0.29) is 0 Å². The molecule has 0 radical (unpaired) electrons. The maximum Gasteiger partial charge on any atom is 0.184 e. The van der Waals surface area contributed by atoms with Gasteiger partial charge >= 0.3 is 0 Å². The van der Waals surface area contributed by atoms with Crippen molar-refractivity contribution in [1.29, 1.82) is 0 Å². The molecular formula is C15H17ClN4S. The fourth-order valence-corrected chi connectivity index (χ4v) is 3.25. The molecule has 0 unspecified atom stereocenters. The van der Waals surface area contributed by atoms with E-state index in [1.807, 2.05) is 41.4 Å². The van der Waals surface area contributed by atoms with Gasteiger partial charge in [-0.05, 0) is 43.3 Å². The summed E-state index contributed by atoms with van der Waals surface area (Å²) < 4.78 is 4.46. The summed E-state index contributed by atoms with van der Waals surface area (Å²) in [5.41, 5.74) is 5.00. The minimum atomic E-state index is 0.640. The Bertz CT molecular complexity index is 872. The van der Waals surface area contributed by atoms with Crippen molar-refractivity contribution in [2.45, 2.75) is 26.7 Å². The molecule has 6 heteroatoms. The fraction of sp³-hybridized carbons (Fsp3) is 0.333. The highest BCUT2D eigenvalue weighted by Gasteiger charge is 2.17. The van der Waals surface area contributed by atoms with Gasteiger partial charge in [0.2, 0.25) is 0 Å². The van der Waals surface area contributed by atoms with E-state index in [2.05, 4.69) is 17.0 Å². The number of nitrogens with zero attached hydrogens (tertiary/aromatic N) is 3. The summed E-state index contributed by atoms with van der Waals surface area (Å²) in [7, 11) is 1.93. The molecule has 0 amide bonds. The molecule has 0 aliphatic heterocycles. The van der Waals surface area contributed by atoms with Gasteiger partial charge in [0.1, 0.15) is 5.52 Å². The third kappa shape index (κ3) is 2.30. The average Bonchev–Trinajstić information content (AvgIpc) is 2.89. The molecule has 1 aromatic carbocycles. The number of H-pyrrole nitrogens is 1. The Morgan fingerprint density at radius 3 is 2.81 bits per heavy atom. The van der Waals surface area contributed by atoms with E-state index in [0.717, 1.165) is 41.0 Å². The van der Waals surface area contributed by atoms with Crippen LogP contribution in [0.15, 0.2) is 18.2 Å². The Morgan fingerprint density at radius 2 is 2.14 bits per heavy atom. The first kappa shape index (κ1) is 14.4. The number of halogens is 1. The zero-order valence-electron chi connectivity index (χ0n) is 12.3. The van der Waals surface area contributed by atoms with E-state index in [0.29, 0.717) is 9.79 Å². The minimum absolute atomic E-state index is 0.640. The van der Waals surface area contributed by atoms with Crippen molar-refractivity contribution in [3.8, 4) is 5.69 Å². The molecule has 21 heavy (non-hydrogen) atoms. The van der Waals surface area contributed by atoms with Gasteiger partial charge in [-0.1, -0.05) is 31.0 Å². The molecular weight excluding hydrogens is 304 g/mol. The number of aromatic nitrogens is 4. The molecule has 3 rings (SSSR count). The molecule has 2 aromatic heterocycles. The molecule has 0 fully saturated rings. The second kappa shape index (κ2) is 5.31. The minimum Gasteiger partial charge on any atom is -0.327 e. The number of fused-ring (bicyclic) bond motifs is 1. The Hall–Kier alpha value is -1.59. The molecule has 0 aliphatic carbocycles. The molecule has 0 saturated carbocycles. The molecule has 3 aromatic rings. The van der Waals surface area contributed by atoms with Crippen LogP contribution in [0.1, 0.15) is 24.6 Å². The zero-order valence-corrected chi connectivity index (χ0v) is 13.8. The van der Waals surface area contributed by atoms with Crippen molar-refractivity contribution in [2.24, 2.45) is 7.05 Å². The summed E-state index contributed by atoms with van der Waals surface area (Å²) in [6.07, 6.45) is 1.97. The van der Waals surface area contributed by atoms with Crippen LogP contribution < -0.4 is 0 Å². The van der Waals surface area contributed by atoms with Crippen LogP contribution in [0.3, 0.4) is 0 Å². The van der Waals surface area contributed by atoms with Crippen LogP contribution >= 0.6 is 23.8 Å². The van der Waals surface area contributed by atoms with Crippen molar-refractivity contribution in [3.05, 3.63) is 39.3 Å². The van der Waals surface area contributed by atoms with Gasteiger partial charge < -0.3 is 4.98 Å². The summed E-state index contributed by atoms with van der Waals surface area (Å²) >= 11 is 11.9. The van der Waals surface area contributed by atoms with Gasteiger partial charge in [-0.25, -0.2) is 4.68 Å². The van der Waals surface area contributed by atoms with Crippen LogP contribution in [0, 0.1) is 11.7 Å². The Kier molecular flexibility index (Phi) is 3.63. The van der Waals surface area contributed by atoms with Gasteiger partial charge in [0, 0.05) is 7.05 Å². The molecule has 0 aliphatic rings. The molecule has 4 nitrogen and oxygen atoms in total. The van der Waals surface area contributed by atoms with E-state index in [1.165, 1.54) is 0 Å². The number of imidazole rings is 1. The van der Waals surface area contributed by atoms with Gasteiger partial charge in [0.15, 0.2) is 10.4 Å². The lowest BCUT2D eigenvalue weighted by Crippen LogP contribution is -2.01. The first-order valence-corrected chi connectivity index (χ1v) is 7.74. The SMILES string of the molecule is CCCc1nn(C)c2c1[nH]c(=S)n2-c1ccc(C)cc1Cl. The summed E-state index contributed by atoms with van der Waals surface area (Å²) in [4.78, 5) is 3.28. The quantitative estimate of drug-likeness (QED) is 0.729. The maximum absolute atomic E-state index is 6.40. The molecule has 110 valence electrons. The predicted octanol–water partition coefficient (Wildman–Crippen LogP) is 4.34. The van der Waals surface area contributed by atoms with Crippen LogP contribution in [0.5, 0.6) is 0 Å². The number of aryl methyl sites for hydroxylation is 3. The van der Waals surface area contributed by atoms with Gasteiger partial charge in [-0.2, -0.15) is 5.10 Å². The molecule has 0 saturated heterocycles. The summed E-state index contributed by atoms with van der Waals surface area (Å²) in [6, 6.07) is 5.97. The number of hydrogen-bond donors (Lipinski definition) is 1. The van der Waals surface area contributed by atoms with Crippen LogP contribution in [0.25, 0.3) is 16.9 Å². The van der Waals surface area contributed by atoms with Crippen LogP contribution in [-0.2, 0) is 13.5 Å². The van der Waals surface area contributed by atoms with Gasteiger partial charge in [0.05, 0.1) is 16.4 Å². The summed E-state index contributed by atoms with van der Waals surface area (Å²) in [5, 5.41) is 5.27. The van der Waals surface area contributed by atoms with E-state index >= 15 is 0 Å². The summed E-state index contributed by atoms with van der Waals surface area (Å²) in [6.45, 7) is 4.16. The van der Waals surface area contributed by atoms with Crippen molar-refractivity contribution in [2.75, 3.05) is 0 Å². The van der Waals surface area contributed by atoms with E-state index in [1.54, 1.807) is 0 Å². The molecule has 0 bridgehead atoms. The number of aromatic amines is 1. The van der Waals surface area contributed by atoms with E-state index in [9.17, 15) is 0 Å². The maximum atomic E-state index is 6.40. The van der Waals surface area contributed by atoms with Crippen molar-refractivity contribution < 1.29 is 0 Å². The van der Waals surface area contributed by atoms with Gasteiger partial charge in [0.25, 0.3) is 0 Å². The third-order valence-electron chi connectivity index (χ3n) is 3.57. The number of hydrogen-bond acceptors (Lipinski definition) is 2. The second-order valence-electron chi connectivity index (χ2n) is 5.24. The van der Waals surface area contributed by atoms with Gasteiger partial charge in [-0.15, -0.1) is 0 Å². The molecule has 0 atom stereocenters. The monoisotopic (exact) mass is 320 g/mol. The Labute approximate surface area is 133 Å². The number of benzene rings is 1. The van der Waals surface area contributed by atoms with Crippen molar-refractivity contribution in [3.63, 3.8) is 0 Å². The van der Waals surface area contributed by atoms with Crippen molar-refractivity contribution in [1.82, 2.24) is 19.3 Å². The highest BCUT2D eigenvalue weighted by molar-refractivity contribution is 7.71. The van der Waals surface area contributed by atoms with Crippen LogP contribution in [0.2, 0.25) is 5.02 Å². The average molecular weight is 321 g/mol. The fourth-order valence-electron chi connectivity index (χ4n) is 2.64. The first-order chi connectivity index (χ1) is 10.0. The normalized spacial score (nSPS) is 11.4. The third-order valence-corrected chi connectivity index (χ3v) is 4.15. The van der Waals surface area contributed by atoms with Crippen molar-refractivity contribution >= 4 is 35.0 Å². The second-order valence-corrected chi connectivity index (χ2v) is 6.03. The summed E-state index contributed by atoms with van der Waals surface area (Å²) in [5.74, 6) is 0. The number of rotatable bonds is 3. The van der Waals surface area contributed by atoms with Crippen LogP contribution in [0.4, 0.5) is 0 Å². The van der Waals surface area contributed by atoms with Gasteiger partial charge in [-0.3, -0.25) is 4.57 Å². The Morgan fingerprint density at radius 1 is 1.38 bits per heavy atom. The standard InChI is InChI=1S/C15H17ClN4S/c1-4-5-11-13-14(19(3)18-11)20(15(21)17-13)12-7-6-9(2)8-10(12)16/h6-8H,4-5H2,1-3H3,(H,17,21). The first-order valence-electron chi connectivity index (χ1n) is 6.96. The lowest BCUT2D eigenvalue weighted by Gasteiger charge is -2.08. The molecule has 0 spiro atoms. The van der Waals surface area contributed by atoms with E-state index in [4.69, 9.17) is 23.8 Å². The van der Waals surface area contributed by atoms with Crippen LogP contribution in [-0.4, -0.2) is 19.3 Å². The lowest BCUT2D eigenvalue weighted by molar-refractivity contribution is 0.735. The molecule has 2 heterocycles. The number of nitrogens with one attached hydrogen (secondary N) is 1. The highest BCUT2D eigenvalue weighted by atomic mass is 35.5. The zero-order chi connectivity index (χ0) is 15.1. The Balaban J connectivity index is 2.32. The highest BCUT2D eigenvalue weighted by Crippen LogP contribution is 2.27. The largest absolute Gasteiger partial charge is 0.327 e. The smallest absolute Gasteiger partial charge is 0.184 e. The molecule has 1 N–H and O–H groups in total. The predicted molar refractivity (Wildman–Crippen MR) is 89.0 cm³/mol.